The second kappa shape index (κ2) is 4.60. The summed E-state index contributed by atoms with van der Waals surface area (Å²) >= 11 is 0. The van der Waals surface area contributed by atoms with Gasteiger partial charge in [0.1, 0.15) is 5.84 Å². The number of nitrogens with two attached hydrogens (primary N) is 1. The average Bonchev–Trinajstić information content (AvgIpc) is 2.20. The maximum atomic E-state index is 7.43. The molecule has 4 nitrogen and oxygen atoms in total. The number of aromatic nitrogens is 1. The Hall–Kier alpha value is -1.58. The zero-order valence-corrected chi connectivity index (χ0v) is 8.62. The highest BCUT2D eigenvalue weighted by Gasteiger charge is 2.09. The molecule has 0 saturated heterocycles. The second-order valence-electron chi connectivity index (χ2n) is 2.98. The molecule has 0 spiro atoms. The summed E-state index contributed by atoms with van der Waals surface area (Å²) in [6.45, 7) is 5.96. The van der Waals surface area contributed by atoms with Crippen molar-refractivity contribution in [1.82, 2.24) is 4.98 Å². The van der Waals surface area contributed by atoms with Crippen molar-refractivity contribution >= 4 is 11.5 Å². The minimum Gasteiger partial charge on any atom is -0.384 e. The highest BCUT2D eigenvalue weighted by Crippen LogP contribution is 2.17. The fourth-order valence-corrected chi connectivity index (χ4v) is 1.43. The van der Waals surface area contributed by atoms with E-state index < -0.39 is 0 Å². The molecule has 0 aromatic carbocycles. The van der Waals surface area contributed by atoms with E-state index in [9.17, 15) is 0 Å². The molecule has 1 heterocycles. The largest absolute Gasteiger partial charge is 0.384 e. The van der Waals surface area contributed by atoms with Crippen LogP contribution in [0.1, 0.15) is 19.4 Å². The third kappa shape index (κ3) is 2.02. The van der Waals surface area contributed by atoms with Crippen LogP contribution in [0, 0.1) is 5.41 Å². The van der Waals surface area contributed by atoms with E-state index in [0.29, 0.717) is 5.56 Å². The number of hydrogen-bond donors (Lipinski definition) is 2. The van der Waals surface area contributed by atoms with Crippen molar-refractivity contribution in [1.29, 1.82) is 5.41 Å². The lowest BCUT2D eigenvalue weighted by Crippen LogP contribution is -2.25. The van der Waals surface area contributed by atoms with E-state index in [1.54, 1.807) is 12.4 Å². The van der Waals surface area contributed by atoms with Crippen LogP contribution in [0.15, 0.2) is 18.5 Å². The van der Waals surface area contributed by atoms with E-state index in [-0.39, 0.29) is 5.84 Å². The molecule has 0 radical (unpaired) electrons. The standard InChI is InChI=1S/C10H16N4/c1-3-14(4-2)9-5-6-13-7-8(9)10(11)12/h5-7H,3-4H2,1-2H3,(H3,11,12). The summed E-state index contributed by atoms with van der Waals surface area (Å²) in [5, 5.41) is 7.43. The molecule has 3 N–H and O–H groups in total. The van der Waals surface area contributed by atoms with Gasteiger partial charge in [0.2, 0.25) is 0 Å². The fourth-order valence-electron chi connectivity index (χ4n) is 1.43. The summed E-state index contributed by atoms with van der Waals surface area (Å²) in [6.07, 6.45) is 3.36. The fraction of sp³-hybridized carbons (Fsp3) is 0.400. The molecule has 0 bridgehead atoms. The lowest BCUT2D eigenvalue weighted by Gasteiger charge is -2.23. The first-order valence-electron chi connectivity index (χ1n) is 4.74. The first-order chi connectivity index (χ1) is 6.70. The van der Waals surface area contributed by atoms with E-state index in [4.69, 9.17) is 11.1 Å². The third-order valence-corrected chi connectivity index (χ3v) is 2.19. The van der Waals surface area contributed by atoms with Crippen LogP contribution in [0.25, 0.3) is 0 Å². The molecule has 4 heteroatoms. The van der Waals surface area contributed by atoms with Gasteiger partial charge < -0.3 is 10.6 Å². The quantitative estimate of drug-likeness (QED) is 0.556. The van der Waals surface area contributed by atoms with Crippen molar-refractivity contribution in [3.05, 3.63) is 24.0 Å². The smallest absolute Gasteiger partial charge is 0.126 e. The molecule has 0 amide bonds. The van der Waals surface area contributed by atoms with E-state index in [0.717, 1.165) is 18.8 Å². The maximum Gasteiger partial charge on any atom is 0.126 e. The molecule has 14 heavy (non-hydrogen) atoms. The Bertz CT molecular complexity index is 318. The molecule has 0 aliphatic heterocycles. The number of rotatable bonds is 4. The molecule has 0 unspecified atom stereocenters. The van der Waals surface area contributed by atoms with E-state index in [1.807, 2.05) is 6.07 Å². The molecule has 1 rings (SSSR count). The van der Waals surface area contributed by atoms with Crippen molar-refractivity contribution in [2.45, 2.75) is 13.8 Å². The van der Waals surface area contributed by atoms with Crippen molar-refractivity contribution in [3.63, 3.8) is 0 Å². The van der Waals surface area contributed by atoms with Gasteiger partial charge in [-0.1, -0.05) is 0 Å². The van der Waals surface area contributed by atoms with Gasteiger partial charge >= 0.3 is 0 Å². The van der Waals surface area contributed by atoms with Crippen LogP contribution in [0.4, 0.5) is 5.69 Å². The Balaban J connectivity index is 3.11. The Morgan fingerprint density at radius 2 is 2.14 bits per heavy atom. The maximum absolute atomic E-state index is 7.43. The zero-order chi connectivity index (χ0) is 10.6. The first-order valence-corrected chi connectivity index (χ1v) is 4.74. The molecule has 0 saturated carbocycles. The summed E-state index contributed by atoms with van der Waals surface area (Å²) in [5.74, 6) is 0.0694. The van der Waals surface area contributed by atoms with Gasteiger partial charge in [0.05, 0.1) is 11.3 Å². The predicted molar refractivity (Wildman–Crippen MR) is 58.8 cm³/mol. The lowest BCUT2D eigenvalue weighted by atomic mass is 10.2. The lowest BCUT2D eigenvalue weighted by molar-refractivity contribution is 0.863. The van der Waals surface area contributed by atoms with Crippen molar-refractivity contribution < 1.29 is 0 Å². The highest BCUT2D eigenvalue weighted by molar-refractivity contribution is 6.00. The van der Waals surface area contributed by atoms with Gasteiger partial charge in [-0.05, 0) is 19.9 Å². The number of nitrogens with one attached hydrogen (secondary N) is 1. The van der Waals surface area contributed by atoms with Gasteiger partial charge in [-0.3, -0.25) is 10.4 Å². The molecule has 0 aliphatic carbocycles. The molecule has 0 fully saturated rings. The van der Waals surface area contributed by atoms with E-state index >= 15 is 0 Å². The van der Waals surface area contributed by atoms with Crippen LogP contribution in [0.3, 0.4) is 0 Å². The molecule has 76 valence electrons. The van der Waals surface area contributed by atoms with Gasteiger partial charge in [0, 0.05) is 25.5 Å². The topological polar surface area (TPSA) is 66.0 Å². The number of nitrogens with zero attached hydrogens (tertiary/aromatic N) is 2. The number of anilines is 1. The number of amidine groups is 1. The van der Waals surface area contributed by atoms with Crippen LogP contribution < -0.4 is 10.6 Å². The van der Waals surface area contributed by atoms with Crippen molar-refractivity contribution in [3.8, 4) is 0 Å². The Morgan fingerprint density at radius 3 is 2.64 bits per heavy atom. The van der Waals surface area contributed by atoms with Crippen molar-refractivity contribution in [2.24, 2.45) is 5.73 Å². The van der Waals surface area contributed by atoms with Crippen LogP contribution in [-0.4, -0.2) is 23.9 Å². The second-order valence-corrected chi connectivity index (χ2v) is 2.98. The van der Waals surface area contributed by atoms with Crippen LogP contribution in [0.2, 0.25) is 0 Å². The van der Waals surface area contributed by atoms with E-state index in [1.165, 1.54) is 0 Å². The van der Waals surface area contributed by atoms with Crippen LogP contribution in [-0.2, 0) is 0 Å². The normalized spacial score (nSPS) is 9.86. The number of nitrogen functional groups attached to an aromatic ring is 1. The van der Waals surface area contributed by atoms with Gasteiger partial charge in [-0.15, -0.1) is 0 Å². The SMILES string of the molecule is CCN(CC)c1ccncc1C(=N)N. The first kappa shape index (κ1) is 10.5. The van der Waals surface area contributed by atoms with E-state index in [2.05, 4.69) is 23.7 Å². The molecular weight excluding hydrogens is 176 g/mol. The Morgan fingerprint density at radius 1 is 1.50 bits per heavy atom. The molecule has 1 aromatic heterocycles. The molecule has 1 aromatic rings. The van der Waals surface area contributed by atoms with Crippen LogP contribution in [0.5, 0.6) is 0 Å². The average molecular weight is 192 g/mol. The zero-order valence-electron chi connectivity index (χ0n) is 8.62. The van der Waals surface area contributed by atoms with Gasteiger partial charge in [0.15, 0.2) is 0 Å². The third-order valence-electron chi connectivity index (χ3n) is 2.19. The van der Waals surface area contributed by atoms with Gasteiger partial charge in [0.25, 0.3) is 0 Å². The number of hydrogen-bond acceptors (Lipinski definition) is 3. The summed E-state index contributed by atoms with van der Waals surface area (Å²) in [4.78, 5) is 6.12. The Kier molecular flexibility index (Phi) is 3.45. The Labute approximate surface area is 84.3 Å². The van der Waals surface area contributed by atoms with Crippen molar-refractivity contribution in [2.75, 3.05) is 18.0 Å². The summed E-state index contributed by atoms with van der Waals surface area (Å²) < 4.78 is 0. The molecule has 0 atom stereocenters. The monoisotopic (exact) mass is 192 g/mol. The summed E-state index contributed by atoms with van der Waals surface area (Å²) in [6, 6.07) is 1.89. The van der Waals surface area contributed by atoms with Gasteiger partial charge in [-0.25, -0.2) is 0 Å². The molecule has 0 aliphatic rings. The molecular formula is C10H16N4. The predicted octanol–water partition coefficient (Wildman–Crippen LogP) is 1.21. The highest BCUT2D eigenvalue weighted by atomic mass is 15.1. The van der Waals surface area contributed by atoms with Gasteiger partial charge in [-0.2, -0.15) is 0 Å². The minimum atomic E-state index is 0.0694. The summed E-state index contributed by atoms with van der Waals surface area (Å²) in [5.41, 5.74) is 7.17. The minimum absolute atomic E-state index is 0.0694. The summed E-state index contributed by atoms with van der Waals surface area (Å²) in [7, 11) is 0. The number of pyridine rings is 1. The van der Waals surface area contributed by atoms with Crippen LogP contribution >= 0.6 is 0 Å².